The largest absolute Gasteiger partial charge is 0.295 e. The Bertz CT molecular complexity index is 355. The average Bonchev–Trinajstić information content (AvgIpc) is 2.19. The molecule has 0 fully saturated rings. The van der Waals surface area contributed by atoms with Gasteiger partial charge in [0.05, 0.1) is 6.07 Å². The first-order chi connectivity index (χ1) is 6.77. The van der Waals surface area contributed by atoms with E-state index in [1.807, 2.05) is 0 Å². The van der Waals surface area contributed by atoms with Crippen molar-refractivity contribution in [1.29, 1.82) is 5.26 Å². The molecule has 72 valence electrons. The van der Waals surface area contributed by atoms with Gasteiger partial charge in [-0.3, -0.25) is 5.32 Å². The number of nitrogens with one attached hydrogen (secondary N) is 1. The molecule has 1 N–H and O–H groups in total. The van der Waals surface area contributed by atoms with Crippen LogP contribution in [-0.2, 0) is 0 Å². The molecule has 0 amide bonds. The lowest BCUT2D eigenvalue weighted by molar-refractivity contribution is 0.617. The van der Waals surface area contributed by atoms with Crippen LogP contribution in [0.15, 0.2) is 36.9 Å². The number of benzene rings is 1. The van der Waals surface area contributed by atoms with Crippen LogP contribution in [0.4, 0.5) is 4.39 Å². The molecule has 0 aliphatic carbocycles. The maximum absolute atomic E-state index is 12.8. The first kappa shape index (κ1) is 10.4. The molecule has 14 heavy (non-hydrogen) atoms. The van der Waals surface area contributed by atoms with Gasteiger partial charge in [-0.05, 0) is 17.7 Å². The van der Waals surface area contributed by atoms with Gasteiger partial charge in [0.2, 0.25) is 0 Å². The van der Waals surface area contributed by atoms with Crippen LogP contribution >= 0.6 is 0 Å². The predicted octanol–water partition coefficient (Wildman–Crippen LogP) is 2.17. The van der Waals surface area contributed by atoms with E-state index in [0.717, 1.165) is 0 Å². The fourth-order valence-electron chi connectivity index (χ4n) is 1.13. The normalized spacial score (nSPS) is 11.7. The van der Waals surface area contributed by atoms with Gasteiger partial charge in [-0.2, -0.15) is 5.26 Å². The Labute approximate surface area is 82.7 Å². The summed E-state index contributed by atoms with van der Waals surface area (Å²) >= 11 is 0. The van der Waals surface area contributed by atoms with Crippen LogP contribution in [0.3, 0.4) is 0 Å². The summed E-state index contributed by atoms with van der Waals surface area (Å²) in [5, 5.41) is 11.7. The number of hydrogen-bond donors (Lipinski definition) is 1. The molecule has 2 nitrogen and oxygen atoms in total. The second-order valence-electron chi connectivity index (χ2n) is 2.81. The molecular formula is C11H11FN2. The Kier molecular flexibility index (Phi) is 3.84. The zero-order valence-corrected chi connectivity index (χ0v) is 7.70. The third kappa shape index (κ3) is 2.68. The summed E-state index contributed by atoms with van der Waals surface area (Å²) in [6, 6.07) is 7.58. The topological polar surface area (TPSA) is 35.8 Å². The zero-order valence-electron chi connectivity index (χ0n) is 7.70. The van der Waals surface area contributed by atoms with Crippen molar-refractivity contribution < 1.29 is 4.39 Å². The summed E-state index contributed by atoms with van der Waals surface area (Å²) in [6.07, 6.45) is 1.66. The van der Waals surface area contributed by atoms with Gasteiger partial charge in [-0.1, -0.05) is 18.2 Å². The van der Waals surface area contributed by atoms with E-state index in [0.29, 0.717) is 12.1 Å². The zero-order chi connectivity index (χ0) is 10.4. The summed E-state index contributed by atoms with van der Waals surface area (Å²) < 4.78 is 12.8. The van der Waals surface area contributed by atoms with Crippen molar-refractivity contribution in [3.63, 3.8) is 0 Å². The van der Waals surface area contributed by atoms with E-state index in [9.17, 15) is 4.39 Å². The van der Waals surface area contributed by atoms with Crippen LogP contribution < -0.4 is 5.32 Å². The second kappa shape index (κ2) is 5.15. The van der Waals surface area contributed by atoms with Gasteiger partial charge in [0.15, 0.2) is 0 Å². The molecule has 0 aromatic heterocycles. The van der Waals surface area contributed by atoms with Gasteiger partial charge in [0.25, 0.3) is 0 Å². The first-order valence-electron chi connectivity index (χ1n) is 4.27. The molecule has 1 rings (SSSR count). The van der Waals surface area contributed by atoms with Crippen molar-refractivity contribution in [3.8, 4) is 6.07 Å². The minimum absolute atomic E-state index is 0.330. The molecule has 0 bridgehead atoms. The van der Waals surface area contributed by atoms with E-state index >= 15 is 0 Å². The number of hydrogen-bond acceptors (Lipinski definition) is 2. The molecule has 0 aliphatic rings. The molecule has 0 radical (unpaired) electrons. The fraction of sp³-hybridized carbons (Fsp3) is 0.182. The Morgan fingerprint density at radius 2 is 2.43 bits per heavy atom. The average molecular weight is 190 g/mol. The van der Waals surface area contributed by atoms with Crippen LogP contribution in [0.25, 0.3) is 0 Å². The Morgan fingerprint density at radius 1 is 1.64 bits per heavy atom. The van der Waals surface area contributed by atoms with Crippen LogP contribution in [0.1, 0.15) is 11.6 Å². The van der Waals surface area contributed by atoms with Crippen molar-refractivity contribution in [2.24, 2.45) is 0 Å². The van der Waals surface area contributed by atoms with Crippen molar-refractivity contribution in [2.45, 2.75) is 6.04 Å². The van der Waals surface area contributed by atoms with Crippen molar-refractivity contribution in [1.82, 2.24) is 5.32 Å². The van der Waals surface area contributed by atoms with Gasteiger partial charge >= 0.3 is 0 Å². The molecule has 1 aromatic carbocycles. The molecule has 3 heteroatoms. The van der Waals surface area contributed by atoms with Crippen LogP contribution in [0.5, 0.6) is 0 Å². The standard InChI is InChI=1S/C11H11FN2/c1-2-6-14-11(8-13)9-4-3-5-10(12)7-9/h2-5,7,11,14H,1,6H2. The van der Waals surface area contributed by atoms with Crippen LogP contribution in [0, 0.1) is 17.1 Å². The molecule has 1 atom stereocenters. The summed E-state index contributed by atoms with van der Waals surface area (Å²) in [5.41, 5.74) is 0.634. The smallest absolute Gasteiger partial charge is 0.123 e. The molecule has 0 heterocycles. The minimum atomic E-state index is -0.483. The van der Waals surface area contributed by atoms with Gasteiger partial charge in [-0.25, -0.2) is 4.39 Å². The van der Waals surface area contributed by atoms with E-state index < -0.39 is 6.04 Å². The third-order valence-electron chi connectivity index (χ3n) is 1.78. The van der Waals surface area contributed by atoms with Gasteiger partial charge in [-0.15, -0.1) is 6.58 Å². The molecule has 0 saturated carbocycles. The maximum atomic E-state index is 12.8. The molecule has 1 unspecified atom stereocenters. The summed E-state index contributed by atoms with van der Waals surface area (Å²) in [6.45, 7) is 4.05. The van der Waals surface area contributed by atoms with Gasteiger partial charge in [0.1, 0.15) is 11.9 Å². The summed E-state index contributed by atoms with van der Waals surface area (Å²) in [4.78, 5) is 0. The Morgan fingerprint density at radius 3 is 3.00 bits per heavy atom. The van der Waals surface area contributed by atoms with Crippen molar-refractivity contribution >= 4 is 0 Å². The van der Waals surface area contributed by atoms with E-state index in [2.05, 4.69) is 18.0 Å². The number of halogens is 1. The maximum Gasteiger partial charge on any atom is 0.123 e. The first-order valence-corrected chi connectivity index (χ1v) is 4.27. The molecular weight excluding hydrogens is 179 g/mol. The third-order valence-corrected chi connectivity index (χ3v) is 1.78. The number of nitriles is 1. The highest BCUT2D eigenvalue weighted by atomic mass is 19.1. The quantitative estimate of drug-likeness (QED) is 0.738. The van der Waals surface area contributed by atoms with Crippen molar-refractivity contribution in [3.05, 3.63) is 48.3 Å². The SMILES string of the molecule is C=CCNC(C#N)c1cccc(F)c1. The van der Waals surface area contributed by atoms with Crippen molar-refractivity contribution in [2.75, 3.05) is 6.54 Å². The monoisotopic (exact) mass is 190 g/mol. The lowest BCUT2D eigenvalue weighted by atomic mass is 10.1. The van der Waals surface area contributed by atoms with Crippen LogP contribution in [0.2, 0.25) is 0 Å². The highest BCUT2D eigenvalue weighted by Crippen LogP contribution is 2.12. The lowest BCUT2D eigenvalue weighted by Gasteiger charge is -2.09. The summed E-state index contributed by atoms with van der Waals surface area (Å²) in [5.74, 6) is -0.330. The highest BCUT2D eigenvalue weighted by Gasteiger charge is 2.08. The van der Waals surface area contributed by atoms with E-state index in [1.54, 1.807) is 18.2 Å². The number of nitrogens with zero attached hydrogens (tertiary/aromatic N) is 1. The Balaban J connectivity index is 2.79. The highest BCUT2D eigenvalue weighted by molar-refractivity contribution is 5.24. The lowest BCUT2D eigenvalue weighted by Crippen LogP contribution is -2.19. The molecule has 0 spiro atoms. The predicted molar refractivity (Wildman–Crippen MR) is 53.0 cm³/mol. The molecule has 1 aromatic rings. The van der Waals surface area contributed by atoms with E-state index in [1.165, 1.54) is 12.1 Å². The minimum Gasteiger partial charge on any atom is -0.295 e. The van der Waals surface area contributed by atoms with Gasteiger partial charge in [0, 0.05) is 6.54 Å². The van der Waals surface area contributed by atoms with Gasteiger partial charge < -0.3 is 0 Å². The second-order valence-corrected chi connectivity index (χ2v) is 2.81. The molecule has 0 aliphatic heterocycles. The fourth-order valence-corrected chi connectivity index (χ4v) is 1.13. The van der Waals surface area contributed by atoms with Crippen LogP contribution in [-0.4, -0.2) is 6.54 Å². The van der Waals surface area contributed by atoms with E-state index in [-0.39, 0.29) is 5.82 Å². The van der Waals surface area contributed by atoms with E-state index in [4.69, 9.17) is 5.26 Å². The summed E-state index contributed by atoms with van der Waals surface area (Å²) in [7, 11) is 0. The Hall–Kier alpha value is -1.66. The number of rotatable bonds is 4. The molecule has 0 saturated heterocycles.